The third-order valence-electron chi connectivity index (χ3n) is 0.967. The maximum absolute atomic E-state index is 9.83. The highest BCUT2D eigenvalue weighted by atomic mass is 17.0. The largest absolute Gasteiger partial charge is 0.397 e. The van der Waals surface area contributed by atoms with E-state index in [2.05, 4.69) is 14.5 Å². The van der Waals surface area contributed by atoms with Gasteiger partial charge in [0.25, 0.3) is 15.3 Å². The molecule has 106 valence electrons. The van der Waals surface area contributed by atoms with Crippen LogP contribution in [0.2, 0.25) is 0 Å². The predicted molar refractivity (Wildman–Crippen MR) is 50.5 cm³/mol. The molecule has 0 aliphatic rings. The van der Waals surface area contributed by atoms with E-state index in [-0.39, 0.29) is 6.61 Å². The minimum absolute atomic E-state index is 0.250. The summed E-state index contributed by atoms with van der Waals surface area (Å²) in [6, 6.07) is 0. The summed E-state index contributed by atoms with van der Waals surface area (Å²) < 4.78 is 0. The quantitative estimate of drug-likeness (QED) is 0.424. The van der Waals surface area contributed by atoms with Crippen LogP contribution >= 0.6 is 0 Å². The van der Waals surface area contributed by atoms with Crippen LogP contribution in [0.25, 0.3) is 0 Å². The molecule has 0 aliphatic heterocycles. The van der Waals surface area contributed by atoms with E-state index in [4.69, 9.17) is 5.11 Å². The number of aliphatic hydroxyl groups is 1. The van der Waals surface area contributed by atoms with Gasteiger partial charge < -0.3 is 19.6 Å². The van der Waals surface area contributed by atoms with E-state index >= 15 is 0 Å². The third-order valence-corrected chi connectivity index (χ3v) is 0.967. The Kier molecular flexibility index (Phi) is 11.0. The lowest BCUT2D eigenvalue weighted by atomic mass is 10.4. The minimum Gasteiger partial charge on any atom is -0.397 e. The Labute approximate surface area is 99.2 Å². The van der Waals surface area contributed by atoms with Crippen molar-refractivity contribution in [2.24, 2.45) is 0 Å². The van der Waals surface area contributed by atoms with Crippen LogP contribution in [0.5, 0.6) is 0 Å². The molecule has 0 saturated heterocycles. The van der Waals surface area contributed by atoms with Crippen molar-refractivity contribution in [1.29, 1.82) is 0 Å². The first-order valence-electron chi connectivity index (χ1n) is 4.30. The Bertz CT molecular complexity index is 252. The zero-order chi connectivity index (χ0) is 14.6. The third kappa shape index (κ3) is 16.0. The van der Waals surface area contributed by atoms with Crippen LogP contribution in [0, 0.1) is 30.3 Å². The van der Waals surface area contributed by atoms with Crippen LogP contribution in [-0.2, 0) is 14.5 Å². The number of rotatable bonds is 8. The fraction of sp³-hybridized carbons (Fsp3) is 1.00. The van der Waals surface area contributed by atoms with Crippen molar-refractivity contribution in [2.45, 2.75) is 13.0 Å². The predicted octanol–water partition coefficient (Wildman–Crippen LogP) is -1.02. The minimum atomic E-state index is -1.55. The van der Waals surface area contributed by atoms with Crippen molar-refractivity contribution < 1.29 is 34.9 Å². The zero-order valence-electron chi connectivity index (χ0n) is 9.16. The van der Waals surface area contributed by atoms with E-state index < -0.39 is 34.6 Å². The summed E-state index contributed by atoms with van der Waals surface area (Å²) in [5.74, 6) is 0. The van der Waals surface area contributed by atoms with Crippen molar-refractivity contribution in [2.75, 3.05) is 19.8 Å². The van der Waals surface area contributed by atoms with E-state index in [1.54, 1.807) is 6.92 Å². The fourth-order valence-electron chi connectivity index (χ4n) is 0.519. The second-order valence-corrected chi connectivity index (χ2v) is 2.31. The summed E-state index contributed by atoms with van der Waals surface area (Å²) in [6.07, 6.45) is -1.55. The summed E-state index contributed by atoms with van der Waals surface area (Å²) >= 11 is 0. The molecule has 0 spiro atoms. The van der Waals surface area contributed by atoms with Crippen LogP contribution in [0.3, 0.4) is 0 Å². The average molecular weight is 273 g/mol. The Morgan fingerprint density at radius 1 is 1.00 bits per heavy atom. The summed E-state index contributed by atoms with van der Waals surface area (Å²) in [7, 11) is 0. The van der Waals surface area contributed by atoms with Crippen LogP contribution in [0.4, 0.5) is 0 Å². The van der Waals surface area contributed by atoms with Gasteiger partial charge in [0.1, 0.15) is 13.2 Å². The van der Waals surface area contributed by atoms with Crippen LogP contribution in [0.15, 0.2) is 0 Å². The van der Waals surface area contributed by atoms with Gasteiger partial charge in [-0.15, -0.1) is 30.3 Å². The maximum atomic E-state index is 9.83. The van der Waals surface area contributed by atoms with Crippen molar-refractivity contribution in [3.8, 4) is 0 Å². The van der Waals surface area contributed by atoms with Crippen LogP contribution in [-0.4, -0.2) is 46.3 Å². The van der Waals surface area contributed by atoms with Gasteiger partial charge in [-0.2, -0.15) is 0 Å². The summed E-state index contributed by atoms with van der Waals surface area (Å²) in [5, 5.41) is 33.1. The molecular formula is C5H11N3O10. The first-order valence-corrected chi connectivity index (χ1v) is 4.30. The molecule has 0 aromatic carbocycles. The second kappa shape index (κ2) is 11.1. The van der Waals surface area contributed by atoms with Gasteiger partial charge in [-0.05, 0) is 6.92 Å². The number of hydrogen-bond acceptors (Lipinski definition) is 10. The van der Waals surface area contributed by atoms with E-state index in [9.17, 15) is 30.3 Å². The molecule has 0 heterocycles. The van der Waals surface area contributed by atoms with E-state index in [1.165, 1.54) is 0 Å². The molecule has 0 unspecified atom stereocenters. The van der Waals surface area contributed by atoms with Gasteiger partial charge in [-0.25, -0.2) is 0 Å². The van der Waals surface area contributed by atoms with Crippen LogP contribution in [0.1, 0.15) is 6.92 Å². The lowest BCUT2D eigenvalue weighted by Crippen LogP contribution is -2.30. The molecule has 0 bridgehead atoms. The molecular weight excluding hydrogens is 262 g/mol. The van der Waals surface area contributed by atoms with Gasteiger partial charge in [-0.1, -0.05) is 0 Å². The molecule has 0 saturated carbocycles. The molecule has 0 rings (SSSR count). The smallest absolute Gasteiger partial charge is 0.294 e. The van der Waals surface area contributed by atoms with Gasteiger partial charge in [0.05, 0.1) is 0 Å². The summed E-state index contributed by atoms with van der Waals surface area (Å²) in [4.78, 5) is 40.5. The monoisotopic (exact) mass is 273 g/mol. The first-order chi connectivity index (χ1) is 8.33. The molecule has 13 nitrogen and oxygen atoms in total. The lowest BCUT2D eigenvalue weighted by molar-refractivity contribution is -0.803. The standard InChI is InChI=1S/C3H5N3O9.C2H6O/c7-4(8)13-1-3(15-6(11)12)2-14-5(9)10;1-2-3/h3H,1-2H2;3H,2H2,1H3. The Balaban J connectivity index is 0. The average Bonchev–Trinajstić information content (AvgIpc) is 2.22. The number of nitrogens with zero attached hydrogens (tertiary/aromatic N) is 3. The Morgan fingerprint density at radius 3 is 1.56 bits per heavy atom. The van der Waals surface area contributed by atoms with Crippen molar-refractivity contribution in [3.63, 3.8) is 0 Å². The van der Waals surface area contributed by atoms with E-state index in [0.717, 1.165) is 0 Å². The molecule has 0 aliphatic carbocycles. The lowest BCUT2D eigenvalue weighted by Gasteiger charge is -2.11. The molecule has 13 heteroatoms. The number of aliphatic hydroxyl groups excluding tert-OH is 1. The molecule has 0 aromatic heterocycles. The van der Waals surface area contributed by atoms with Crippen molar-refractivity contribution in [3.05, 3.63) is 30.3 Å². The first kappa shape index (κ1) is 17.9. The maximum Gasteiger partial charge on any atom is 0.294 e. The highest BCUT2D eigenvalue weighted by Crippen LogP contribution is 1.96. The second-order valence-electron chi connectivity index (χ2n) is 2.31. The zero-order valence-corrected chi connectivity index (χ0v) is 9.16. The summed E-state index contributed by atoms with van der Waals surface area (Å²) in [5.41, 5.74) is 0. The molecule has 0 aromatic rings. The molecule has 0 fully saturated rings. The van der Waals surface area contributed by atoms with Gasteiger partial charge in [0.15, 0.2) is 6.10 Å². The normalized spacial score (nSPS) is 8.83. The van der Waals surface area contributed by atoms with Gasteiger partial charge in [0.2, 0.25) is 0 Å². The van der Waals surface area contributed by atoms with Crippen molar-refractivity contribution >= 4 is 0 Å². The van der Waals surface area contributed by atoms with Gasteiger partial charge in [0, 0.05) is 6.61 Å². The molecule has 0 amide bonds. The van der Waals surface area contributed by atoms with E-state index in [1.807, 2.05) is 0 Å². The molecule has 18 heavy (non-hydrogen) atoms. The van der Waals surface area contributed by atoms with Gasteiger partial charge in [-0.3, -0.25) is 0 Å². The fourth-order valence-corrected chi connectivity index (χ4v) is 0.519. The highest BCUT2D eigenvalue weighted by molar-refractivity contribution is 4.49. The van der Waals surface area contributed by atoms with Crippen molar-refractivity contribution in [1.82, 2.24) is 0 Å². The van der Waals surface area contributed by atoms with Crippen LogP contribution < -0.4 is 0 Å². The topological polar surface area (TPSA) is 177 Å². The SMILES string of the molecule is CCO.O=[N+]([O-])OCC(CO[N+](=O)[O-])O[N+](=O)[O-]. The number of hydrogen-bond donors (Lipinski definition) is 1. The molecule has 0 radical (unpaired) electrons. The van der Waals surface area contributed by atoms with Gasteiger partial charge >= 0.3 is 0 Å². The Hall–Kier alpha value is -2.44. The van der Waals surface area contributed by atoms with E-state index in [0.29, 0.717) is 0 Å². The highest BCUT2D eigenvalue weighted by Gasteiger charge is 2.17. The summed E-state index contributed by atoms with van der Waals surface area (Å²) in [6.45, 7) is 0.240. The molecule has 1 N–H and O–H groups in total. The molecule has 0 atom stereocenters. The Morgan fingerprint density at radius 2 is 1.33 bits per heavy atom.